The van der Waals surface area contributed by atoms with Crippen molar-refractivity contribution in [3.05, 3.63) is 59.9 Å². The molecule has 1 N–H and O–H groups in total. The zero-order valence-electron chi connectivity index (χ0n) is 11.3. The number of aromatic nitrogens is 1. The van der Waals surface area contributed by atoms with Crippen LogP contribution in [0.5, 0.6) is 0 Å². The van der Waals surface area contributed by atoms with Gasteiger partial charge in [-0.05, 0) is 48.4 Å². The van der Waals surface area contributed by atoms with Crippen LogP contribution in [0.3, 0.4) is 0 Å². The van der Waals surface area contributed by atoms with Crippen LogP contribution >= 0.6 is 11.8 Å². The van der Waals surface area contributed by atoms with Gasteiger partial charge in [-0.1, -0.05) is 19.1 Å². The van der Waals surface area contributed by atoms with Gasteiger partial charge in [0.25, 0.3) is 0 Å². The molecule has 0 radical (unpaired) electrons. The molecule has 0 bridgehead atoms. The molecular weight excluding hydrogens is 252 g/mol. The minimum atomic E-state index is 0.957. The smallest absolute Gasteiger partial charge is 0.0270 e. The van der Waals surface area contributed by atoms with Crippen molar-refractivity contribution in [3.63, 3.8) is 0 Å². The second-order valence-electron chi connectivity index (χ2n) is 4.38. The Bertz CT molecular complexity index is 468. The molecule has 0 aliphatic carbocycles. The third kappa shape index (κ3) is 5.05. The molecule has 1 heterocycles. The first-order valence-electron chi connectivity index (χ1n) is 6.70. The van der Waals surface area contributed by atoms with Crippen molar-refractivity contribution < 1.29 is 0 Å². The molecule has 1 aromatic heterocycles. The molecule has 19 heavy (non-hydrogen) atoms. The maximum absolute atomic E-state index is 4.03. The lowest BCUT2D eigenvalue weighted by Crippen LogP contribution is -2.11. The Morgan fingerprint density at radius 3 is 2.42 bits per heavy atom. The van der Waals surface area contributed by atoms with Crippen LogP contribution in [0.4, 0.5) is 0 Å². The van der Waals surface area contributed by atoms with Crippen LogP contribution in [0.1, 0.15) is 18.1 Å². The van der Waals surface area contributed by atoms with Crippen LogP contribution in [0.2, 0.25) is 0 Å². The number of nitrogens with zero attached hydrogens (tertiary/aromatic N) is 1. The fourth-order valence-electron chi connectivity index (χ4n) is 1.81. The summed E-state index contributed by atoms with van der Waals surface area (Å²) in [6.45, 7) is 4.10. The van der Waals surface area contributed by atoms with E-state index in [-0.39, 0.29) is 0 Å². The van der Waals surface area contributed by atoms with E-state index in [0.717, 1.165) is 25.3 Å². The number of rotatable bonds is 7. The fourth-order valence-corrected chi connectivity index (χ4v) is 2.71. The van der Waals surface area contributed by atoms with E-state index in [2.05, 4.69) is 53.6 Å². The molecule has 0 spiro atoms. The van der Waals surface area contributed by atoms with Gasteiger partial charge in [0, 0.05) is 29.6 Å². The van der Waals surface area contributed by atoms with Gasteiger partial charge in [-0.3, -0.25) is 4.98 Å². The summed E-state index contributed by atoms with van der Waals surface area (Å²) < 4.78 is 0. The quantitative estimate of drug-likeness (QED) is 0.781. The van der Waals surface area contributed by atoms with Crippen molar-refractivity contribution in [1.82, 2.24) is 10.3 Å². The summed E-state index contributed by atoms with van der Waals surface area (Å²) in [6, 6.07) is 13.0. The standard InChI is InChI=1S/C16H20N2S/c1-2-17-13-15-3-5-16(6-4-15)19-12-9-14-7-10-18-11-8-14/h3-8,10-11,17H,2,9,12-13H2,1H3. The molecule has 0 aliphatic heterocycles. The zero-order valence-corrected chi connectivity index (χ0v) is 12.1. The van der Waals surface area contributed by atoms with Crippen molar-refractivity contribution in [1.29, 1.82) is 0 Å². The largest absolute Gasteiger partial charge is 0.313 e. The van der Waals surface area contributed by atoms with Crippen LogP contribution in [0.15, 0.2) is 53.7 Å². The first-order valence-corrected chi connectivity index (χ1v) is 7.68. The second kappa shape index (κ2) is 7.97. The molecule has 0 unspecified atom stereocenters. The van der Waals surface area contributed by atoms with E-state index in [1.54, 1.807) is 0 Å². The third-order valence-corrected chi connectivity index (χ3v) is 3.93. The Hall–Kier alpha value is -1.32. The molecule has 2 rings (SSSR count). The number of benzene rings is 1. The summed E-state index contributed by atoms with van der Waals surface area (Å²) in [7, 11) is 0. The average molecular weight is 272 g/mol. The predicted molar refractivity (Wildman–Crippen MR) is 82.5 cm³/mol. The molecule has 0 fully saturated rings. The molecule has 0 atom stereocenters. The first-order chi connectivity index (χ1) is 9.38. The highest BCUT2D eigenvalue weighted by Crippen LogP contribution is 2.19. The lowest BCUT2D eigenvalue weighted by molar-refractivity contribution is 0.726. The van der Waals surface area contributed by atoms with E-state index in [0.29, 0.717) is 0 Å². The topological polar surface area (TPSA) is 24.9 Å². The van der Waals surface area contributed by atoms with Gasteiger partial charge in [0.2, 0.25) is 0 Å². The lowest BCUT2D eigenvalue weighted by Gasteiger charge is -2.05. The highest BCUT2D eigenvalue weighted by Gasteiger charge is 1.97. The van der Waals surface area contributed by atoms with Gasteiger partial charge in [0.15, 0.2) is 0 Å². The van der Waals surface area contributed by atoms with Crippen molar-refractivity contribution in [3.8, 4) is 0 Å². The van der Waals surface area contributed by atoms with Gasteiger partial charge in [-0.25, -0.2) is 0 Å². The van der Waals surface area contributed by atoms with Crippen LogP contribution in [0, 0.1) is 0 Å². The van der Waals surface area contributed by atoms with E-state index >= 15 is 0 Å². The van der Waals surface area contributed by atoms with Crippen molar-refractivity contribution in [2.45, 2.75) is 24.8 Å². The van der Waals surface area contributed by atoms with Crippen LogP contribution in [0.25, 0.3) is 0 Å². The normalized spacial score (nSPS) is 10.6. The summed E-state index contributed by atoms with van der Waals surface area (Å²) in [5.41, 5.74) is 2.70. The molecule has 100 valence electrons. The third-order valence-electron chi connectivity index (χ3n) is 2.91. The van der Waals surface area contributed by atoms with E-state index in [4.69, 9.17) is 0 Å². The van der Waals surface area contributed by atoms with Gasteiger partial charge < -0.3 is 5.32 Å². The van der Waals surface area contributed by atoms with E-state index in [1.807, 2.05) is 24.2 Å². The number of aryl methyl sites for hydroxylation is 1. The van der Waals surface area contributed by atoms with Crippen LogP contribution in [-0.4, -0.2) is 17.3 Å². The van der Waals surface area contributed by atoms with Crippen molar-refractivity contribution in [2.75, 3.05) is 12.3 Å². The van der Waals surface area contributed by atoms with Gasteiger partial charge in [0.05, 0.1) is 0 Å². The maximum atomic E-state index is 4.03. The van der Waals surface area contributed by atoms with E-state index < -0.39 is 0 Å². The highest BCUT2D eigenvalue weighted by atomic mass is 32.2. The Balaban J connectivity index is 1.77. The monoisotopic (exact) mass is 272 g/mol. The van der Waals surface area contributed by atoms with E-state index in [9.17, 15) is 0 Å². The molecule has 0 aliphatic rings. The number of hydrogen-bond donors (Lipinski definition) is 1. The second-order valence-corrected chi connectivity index (χ2v) is 5.55. The highest BCUT2D eigenvalue weighted by molar-refractivity contribution is 7.99. The van der Waals surface area contributed by atoms with E-state index in [1.165, 1.54) is 16.0 Å². The Morgan fingerprint density at radius 2 is 1.74 bits per heavy atom. The summed E-state index contributed by atoms with van der Waals surface area (Å²) in [6.07, 6.45) is 4.80. The van der Waals surface area contributed by atoms with Crippen LogP contribution in [-0.2, 0) is 13.0 Å². The van der Waals surface area contributed by atoms with Crippen molar-refractivity contribution in [2.24, 2.45) is 0 Å². The summed E-state index contributed by atoms with van der Waals surface area (Å²) >= 11 is 1.91. The molecule has 1 aromatic carbocycles. The molecule has 2 nitrogen and oxygen atoms in total. The maximum Gasteiger partial charge on any atom is 0.0270 e. The first kappa shape index (κ1) is 14.1. The number of thioether (sulfide) groups is 1. The van der Waals surface area contributed by atoms with Gasteiger partial charge in [-0.2, -0.15) is 0 Å². The Labute approximate surface area is 119 Å². The zero-order chi connectivity index (χ0) is 13.3. The average Bonchev–Trinajstić information content (AvgIpc) is 2.47. The molecular formula is C16H20N2S. The molecule has 3 heteroatoms. The minimum absolute atomic E-state index is 0.957. The SMILES string of the molecule is CCNCc1ccc(SCCc2ccncc2)cc1. The molecule has 2 aromatic rings. The minimum Gasteiger partial charge on any atom is -0.313 e. The lowest BCUT2D eigenvalue weighted by atomic mass is 10.2. The van der Waals surface area contributed by atoms with Crippen LogP contribution < -0.4 is 5.32 Å². The van der Waals surface area contributed by atoms with Gasteiger partial charge >= 0.3 is 0 Å². The predicted octanol–water partition coefficient (Wildman–Crippen LogP) is 3.53. The van der Waals surface area contributed by atoms with Crippen molar-refractivity contribution >= 4 is 11.8 Å². The molecule has 0 saturated heterocycles. The Morgan fingerprint density at radius 1 is 1.00 bits per heavy atom. The Kier molecular flexibility index (Phi) is 5.92. The summed E-state index contributed by atoms with van der Waals surface area (Å²) in [5.74, 6) is 1.11. The summed E-state index contributed by atoms with van der Waals surface area (Å²) in [5, 5.41) is 3.34. The molecule has 0 saturated carbocycles. The fraction of sp³-hybridized carbons (Fsp3) is 0.312. The van der Waals surface area contributed by atoms with Gasteiger partial charge in [0.1, 0.15) is 0 Å². The number of hydrogen-bond acceptors (Lipinski definition) is 3. The molecule has 0 amide bonds. The van der Waals surface area contributed by atoms with Gasteiger partial charge in [-0.15, -0.1) is 11.8 Å². The summed E-state index contributed by atoms with van der Waals surface area (Å²) in [4.78, 5) is 5.37. The number of pyridine rings is 1. The number of nitrogens with one attached hydrogen (secondary N) is 1.